The number of carbonyl (C=O) groups is 1. The van der Waals surface area contributed by atoms with Gasteiger partial charge in [0.25, 0.3) is 11.5 Å². The van der Waals surface area contributed by atoms with Crippen LogP contribution in [0, 0.1) is 0 Å². The fourth-order valence-electron chi connectivity index (χ4n) is 2.77. The molecule has 126 valence electrons. The van der Waals surface area contributed by atoms with Gasteiger partial charge >= 0.3 is 0 Å². The van der Waals surface area contributed by atoms with Crippen molar-refractivity contribution in [1.82, 2.24) is 9.78 Å². The number of nitrogens with zero attached hydrogens (tertiary/aromatic N) is 3. The van der Waals surface area contributed by atoms with Gasteiger partial charge in [0.15, 0.2) is 0 Å². The van der Waals surface area contributed by atoms with E-state index in [0.29, 0.717) is 24.0 Å². The molecule has 3 rings (SSSR count). The molecule has 0 N–H and O–H groups in total. The standard InChI is InChI=1S/C18H21N3O2S/c1-3-11-21-17(22)9-8-14(19-21)18(23)20-12-10-13(2)24-16-7-5-4-6-15(16)20/h4-9,13H,3,10-12H2,1-2H3/t13-/m0/s1. The molecule has 0 saturated carbocycles. The molecule has 1 aliphatic rings. The van der Waals surface area contributed by atoms with Crippen molar-refractivity contribution in [3.63, 3.8) is 0 Å². The van der Waals surface area contributed by atoms with Gasteiger partial charge in [-0.25, -0.2) is 4.68 Å². The Labute approximate surface area is 145 Å². The van der Waals surface area contributed by atoms with Crippen molar-refractivity contribution < 1.29 is 4.79 Å². The van der Waals surface area contributed by atoms with Crippen LogP contribution in [0.25, 0.3) is 0 Å². The van der Waals surface area contributed by atoms with Crippen molar-refractivity contribution in [2.45, 2.75) is 43.4 Å². The molecule has 6 heteroatoms. The zero-order chi connectivity index (χ0) is 17.1. The molecule has 0 bridgehead atoms. The van der Waals surface area contributed by atoms with E-state index in [1.54, 1.807) is 16.7 Å². The van der Waals surface area contributed by atoms with Crippen LogP contribution in [0.1, 0.15) is 37.2 Å². The number of fused-ring (bicyclic) bond motifs is 1. The predicted molar refractivity (Wildman–Crippen MR) is 96.8 cm³/mol. The number of anilines is 1. The fraction of sp³-hybridized carbons (Fsp3) is 0.389. The highest BCUT2D eigenvalue weighted by Gasteiger charge is 2.26. The first-order chi connectivity index (χ1) is 11.6. The van der Waals surface area contributed by atoms with Crippen molar-refractivity contribution in [2.75, 3.05) is 11.4 Å². The van der Waals surface area contributed by atoms with Crippen LogP contribution in [-0.2, 0) is 6.54 Å². The molecule has 0 aliphatic carbocycles. The van der Waals surface area contributed by atoms with Crippen molar-refractivity contribution in [3.05, 3.63) is 52.4 Å². The molecule has 1 aromatic heterocycles. The molecular weight excluding hydrogens is 322 g/mol. The van der Waals surface area contributed by atoms with E-state index in [2.05, 4.69) is 12.0 Å². The maximum absolute atomic E-state index is 13.0. The van der Waals surface area contributed by atoms with E-state index in [4.69, 9.17) is 0 Å². The van der Waals surface area contributed by atoms with Crippen LogP contribution in [0.15, 0.2) is 46.1 Å². The van der Waals surface area contributed by atoms with E-state index in [0.717, 1.165) is 23.4 Å². The molecular formula is C18H21N3O2S. The molecule has 2 aromatic rings. The van der Waals surface area contributed by atoms with Gasteiger partial charge in [-0.15, -0.1) is 11.8 Å². The number of hydrogen-bond donors (Lipinski definition) is 0. The first-order valence-corrected chi connectivity index (χ1v) is 9.14. The number of aryl methyl sites for hydroxylation is 1. The summed E-state index contributed by atoms with van der Waals surface area (Å²) in [5.41, 5.74) is 1.07. The lowest BCUT2D eigenvalue weighted by Crippen LogP contribution is -2.35. The van der Waals surface area contributed by atoms with Crippen molar-refractivity contribution in [1.29, 1.82) is 0 Å². The summed E-state index contributed by atoms with van der Waals surface area (Å²) in [6.07, 6.45) is 1.71. The van der Waals surface area contributed by atoms with Gasteiger partial charge in [-0.05, 0) is 31.0 Å². The van der Waals surface area contributed by atoms with Crippen LogP contribution < -0.4 is 10.5 Å². The Kier molecular flexibility index (Phi) is 5.04. The van der Waals surface area contributed by atoms with Gasteiger partial charge in [0.1, 0.15) is 5.69 Å². The molecule has 1 amide bonds. The number of para-hydroxylation sites is 1. The third kappa shape index (κ3) is 3.38. The number of hydrogen-bond acceptors (Lipinski definition) is 4. The largest absolute Gasteiger partial charge is 0.306 e. The lowest BCUT2D eigenvalue weighted by atomic mass is 10.2. The van der Waals surface area contributed by atoms with Crippen LogP contribution in [0.2, 0.25) is 0 Å². The minimum absolute atomic E-state index is 0.151. The molecule has 2 heterocycles. The van der Waals surface area contributed by atoms with E-state index in [9.17, 15) is 9.59 Å². The molecule has 0 fully saturated rings. The first-order valence-electron chi connectivity index (χ1n) is 8.26. The summed E-state index contributed by atoms with van der Waals surface area (Å²) >= 11 is 1.79. The SMILES string of the molecule is CCCn1nc(C(=O)N2CC[C@H](C)Sc3ccccc32)ccc1=O. The third-order valence-corrected chi connectivity index (χ3v) is 5.25. The van der Waals surface area contributed by atoms with Crippen LogP contribution in [0.4, 0.5) is 5.69 Å². The van der Waals surface area contributed by atoms with Crippen molar-refractivity contribution >= 4 is 23.4 Å². The Morgan fingerprint density at radius 1 is 1.29 bits per heavy atom. The molecule has 0 saturated heterocycles. The lowest BCUT2D eigenvalue weighted by molar-refractivity contribution is 0.0979. The molecule has 0 radical (unpaired) electrons. The van der Waals surface area contributed by atoms with Crippen LogP contribution in [-0.4, -0.2) is 27.5 Å². The van der Waals surface area contributed by atoms with Gasteiger partial charge in [-0.1, -0.05) is 26.0 Å². The summed E-state index contributed by atoms with van der Waals surface area (Å²) in [6, 6.07) is 10.9. The first kappa shape index (κ1) is 16.8. The average Bonchev–Trinajstić information content (AvgIpc) is 2.74. The Balaban J connectivity index is 1.98. The summed E-state index contributed by atoms with van der Waals surface area (Å²) in [5.74, 6) is -0.151. The minimum atomic E-state index is -0.172. The van der Waals surface area contributed by atoms with Crippen LogP contribution >= 0.6 is 11.8 Å². The second-order valence-electron chi connectivity index (χ2n) is 5.92. The zero-order valence-electron chi connectivity index (χ0n) is 13.9. The molecule has 1 aromatic carbocycles. The van der Waals surface area contributed by atoms with Crippen LogP contribution in [0.3, 0.4) is 0 Å². The maximum Gasteiger partial charge on any atom is 0.278 e. The molecule has 24 heavy (non-hydrogen) atoms. The number of amides is 1. The number of benzene rings is 1. The normalized spacial score (nSPS) is 17.2. The fourth-order valence-corrected chi connectivity index (χ4v) is 3.88. The third-order valence-electron chi connectivity index (χ3n) is 4.01. The molecule has 0 spiro atoms. The van der Waals surface area contributed by atoms with Gasteiger partial charge in [-0.3, -0.25) is 9.59 Å². The quantitative estimate of drug-likeness (QED) is 0.859. The summed E-state index contributed by atoms with van der Waals surface area (Å²) in [4.78, 5) is 27.8. The highest BCUT2D eigenvalue weighted by atomic mass is 32.2. The van der Waals surface area contributed by atoms with Crippen molar-refractivity contribution in [3.8, 4) is 0 Å². The van der Waals surface area contributed by atoms with Gasteiger partial charge < -0.3 is 4.90 Å². The summed E-state index contributed by atoms with van der Waals surface area (Å²) in [6.45, 7) is 5.32. The van der Waals surface area contributed by atoms with Gasteiger partial charge in [-0.2, -0.15) is 5.10 Å². The second kappa shape index (κ2) is 7.21. The average molecular weight is 343 g/mol. The van der Waals surface area contributed by atoms with Gasteiger partial charge in [0, 0.05) is 29.3 Å². The monoisotopic (exact) mass is 343 g/mol. The highest BCUT2D eigenvalue weighted by molar-refractivity contribution is 8.00. The second-order valence-corrected chi connectivity index (χ2v) is 7.40. The maximum atomic E-state index is 13.0. The Morgan fingerprint density at radius 3 is 2.88 bits per heavy atom. The van der Waals surface area contributed by atoms with Gasteiger partial charge in [0.05, 0.1) is 5.69 Å². The van der Waals surface area contributed by atoms with E-state index in [1.165, 1.54) is 16.8 Å². The zero-order valence-corrected chi connectivity index (χ0v) is 14.8. The highest BCUT2D eigenvalue weighted by Crippen LogP contribution is 2.37. The summed E-state index contributed by atoms with van der Waals surface area (Å²) < 4.78 is 1.37. The number of thioether (sulfide) groups is 1. The lowest BCUT2D eigenvalue weighted by Gasteiger charge is -2.22. The molecule has 1 aliphatic heterocycles. The minimum Gasteiger partial charge on any atom is -0.306 e. The predicted octanol–water partition coefficient (Wildman–Crippen LogP) is 3.18. The van der Waals surface area contributed by atoms with E-state index in [-0.39, 0.29) is 11.5 Å². The number of rotatable bonds is 3. The topological polar surface area (TPSA) is 55.2 Å². The molecule has 0 unspecified atom stereocenters. The Bertz CT molecular complexity index is 803. The number of carbonyl (C=O) groups excluding carboxylic acids is 1. The molecule has 5 nitrogen and oxygen atoms in total. The molecule has 1 atom stereocenters. The van der Waals surface area contributed by atoms with E-state index in [1.807, 2.05) is 31.2 Å². The van der Waals surface area contributed by atoms with Gasteiger partial charge in [0.2, 0.25) is 0 Å². The van der Waals surface area contributed by atoms with E-state index >= 15 is 0 Å². The summed E-state index contributed by atoms with van der Waals surface area (Å²) in [7, 11) is 0. The number of aromatic nitrogens is 2. The Hall–Kier alpha value is -2.08. The smallest absolute Gasteiger partial charge is 0.278 e. The van der Waals surface area contributed by atoms with Crippen molar-refractivity contribution in [2.24, 2.45) is 0 Å². The summed E-state index contributed by atoms with van der Waals surface area (Å²) in [5, 5.41) is 4.72. The Morgan fingerprint density at radius 2 is 2.08 bits per heavy atom. The van der Waals surface area contributed by atoms with Crippen LogP contribution in [0.5, 0.6) is 0 Å². The van der Waals surface area contributed by atoms with E-state index < -0.39 is 0 Å².